The van der Waals surface area contributed by atoms with Crippen LogP contribution in [0.1, 0.15) is 23.7 Å². The molecule has 8 heteroatoms. The maximum atomic E-state index is 13.2. The van der Waals surface area contributed by atoms with Crippen molar-refractivity contribution in [3.8, 4) is 0 Å². The number of urea groups is 1. The highest BCUT2D eigenvalue weighted by Crippen LogP contribution is 2.23. The number of rotatable bonds is 6. The number of amides is 3. The molecule has 144 valence electrons. The van der Waals surface area contributed by atoms with Crippen molar-refractivity contribution in [1.82, 2.24) is 5.32 Å². The molecule has 0 saturated carbocycles. The number of anilines is 3. The summed E-state index contributed by atoms with van der Waals surface area (Å²) < 4.78 is 26.2. The molecule has 2 rings (SSSR count). The molecular weight excluding hydrogens is 354 g/mol. The number of halogens is 2. The van der Waals surface area contributed by atoms with E-state index in [1.807, 2.05) is 21.0 Å². The molecule has 0 unspecified atom stereocenters. The second kappa shape index (κ2) is 8.98. The van der Waals surface area contributed by atoms with E-state index in [-0.39, 0.29) is 11.6 Å². The highest BCUT2D eigenvalue weighted by Gasteiger charge is 2.14. The van der Waals surface area contributed by atoms with Crippen molar-refractivity contribution in [2.45, 2.75) is 13.3 Å². The van der Waals surface area contributed by atoms with Crippen LogP contribution in [0.3, 0.4) is 0 Å². The first kappa shape index (κ1) is 20.2. The number of benzene rings is 2. The molecule has 3 N–H and O–H groups in total. The number of nitrogens with zero attached hydrogens (tertiary/aromatic N) is 1. The van der Waals surface area contributed by atoms with Gasteiger partial charge in [-0.05, 0) is 36.8 Å². The zero-order valence-electron chi connectivity index (χ0n) is 15.4. The fourth-order valence-corrected chi connectivity index (χ4v) is 2.39. The average molecular weight is 376 g/mol. The Labute approximate surface area is 156 Å². The summed E-state index contributed by atoms with van der Waals surface area (Å²) in [5, 5.41) is 7.79. The molecule has 0 fully saturated rings. The number of nitrogens with one attached hydrogen (secondary N) is 3. The summed E-state index contributed by atoms with van der Waals surface area (Å²) in [6.07, 6.45) is 0.803. The summed E-state index contributed by atoms with van der Waals surface area (Å²) in [6.45, 7) is 2.49. The smallest absolute Gasteiger partial charge is 0.323 e. The van der Waals surface area contributed by atoms with Gasteiger partial charge in [0.05, 0.1) is 5.56 Å². The van der Waals surface area contributed by atoms with E-state index in [0.717, 1.165) is 18.6 Å². The molecule has 0 saturated heterocycles. The van der Waals surface area contributed by atoms with Crippen LogP contribution in [0.15, 0.2) is 36.4 Å². The van der Waals surface area contributed by atoms with Crippen LogP contribution < -0.4 is 20.9 Å². The van der Waals surface area contributed by atoms with Crippen LogP contribution in [0.4, 0.5) is 30.6 Å². The molecule has 0 aliphatic carbocycles. The maximum absolute atomic E-state index is 13.2. The zero-order valence-corrected chi connectivity index (χ0v) is 15.4. The van der Waals surface area contributed by atoms with Gasteiger partial charge in [-0.1, -0.05) is 6.92 Å². The van der Waals surface area contributed by atoms with E-state index in [1.165, 1.54) is 6.07 Å². The van der Waals surface area contributed by atoms with Crippen molar-refractivity contribution in [2.75, 3.05) is 36.2 Å². The highest BCUT2D eigenvalue weighted by atomic mass is 19.2. The molecule has 0 aliphatic heterocycles. The van der Waals surface area contributed by atoms with Crippen LogP contribution in [-0.4, -0.2) is 32.6 Å². The Morgan fingerprint density at radius 3 is 2.19 bits per heavy atom. The van der Waals surface area contributed by atoms with E-state index >= 15 is 0 Å². The third-order valence-corrected chi connectivity index (χ3v) is 3.69. The van der Waals surface area contributed by atoms with Crippen molar-refractivity contribution < 1.29 is 18.4 Å². The van der Waals surface area contributed by atoms with Crippen LogP contribution in [0.25, 0.3) is 0 Å². The van der Waals surface area contributed by atoms with Crippen molar-refractivity contribution >= 4 is 29.0 Å². The number of carbonyl (C=O) groups is 2. The summed E-state index contributed by atoms with van der Waals surface area (Å²) >= 11 is 0. The number of hydrogen-bond donors (Lipinski definition) is 3. The second-order valence-corrected chi connectivity index (χ2v) is 6.09. The van der Waals surface area contributed by atoms with Gasteiger partial charge in [-0.15, -0.1) is 0 Å². The van der Waals surface area contributed by atoms with Gasteiger partial charge < -0.3 is 20.9 Å². The lowest BCUT2D eigenvalue weighted by molar-refractivity contribution is 0.0954. The van der Waals surface area contributed by atoms with E-state index in [0.29, 0.717) is 23.5 Å². The minimum atomic E-state index is -1.06. The van der Waals surface area contributed by atoms with Gasteiger partial charge in [-0.2, -0.15) is 0 Å². The van der Waals surface area contributed by atoms with Gasteiger partial charge in [0.25, 0.3) is 5.91 Å². The van der Waals surface area contributed by atoms with Gasteiger partial charge in [0.2, 0.25) is 0 Å². The molecular formula is C19H22F2N4O2. The van der Waals surface area contributed by atoms with Crippen molar-refractivity contribution in [3.05, 3.63) is 53.6 Å². The number of hydrogen-bond acceptors (Lipinski definition) is 3. The Hall–Kier alpha value is -3.16. The normalized spacial score (nSPS) is 10.3. The molecule has 0 spiro atoms. The van der Waals surface area contributed by atoms with Crippen LogP contribution in [0, 0.1) is 11.6 Å². The molecule has 0 aliphatic rings. The summed E-state index contributed by atoms with van der Waals surface area (Å²) in [6, 6.07) is 7.34. The third kappa shape index (κ3) is 5.40. The van der Waals surface area contributed by atoms with Gasteiger partial charge in [-0.3, -0.25) is 4.79 Å². The summed E-state index contributed by atoms with van der Waals surface area (Å²) in [5.74, 6) is -2.30. The molecule has 3 amide bonds. The first-order valence-corrected chi connectivity index (χ1v) is 8.44. The lowest BCUT2D eigenvalue weighted by Crippen LogP contribution is -2.27. The molecule has 0 bridgehead atoms. The van der Waals surface area contributed by atoms with E-state index in [2.05, 4.69) is 16.0 Å². The topological polar surface area (TPSA) is 73.5 Å². The third-order valence-electron chi connectivity index (χ3n) is 3.69. The first-order valence-electron chi connectivity index (χ1n) is 8.44. The molecule has 6 nitrogen and oxygen atoms in total. The Kier molecular flexibility index (Phi) is 6.70. The Balaban J connectivity index is 2.16. The largest absolute Gasteiger partial charge is 0.377 e. The fourth-order valence-electron chi connectivity index (χ4n) is 2.39. The van der Waals surface area contributed by atoms with Crippen molar-refractivity contribution in [2.24, 2.45) is 0 Å². The van der Waals surface area contributed by atoms with Gasteiger partial charge in [0.1, 0.15) is 0 Å². The predicted molar refractivity (Wildman–Crippen MR) is 102 cm³/mol. The lowest BCUT2D eigenvalue weighted by atomic mass is 10.1. The van der Waals surface area contributed by atoms with Crippen LogP contribution in [0.2, 0.25) is 0 Å². The van der Waals surface area contributed by atoms with E-state index in [4.69, 9.17) is 0 Å². The van der Waals surface area contributed by atoms with E-state index in [9.17, 15) is 18.4 Å². The summed E-state index contributed by atoms with van der Waals surface area (Å²) in [5.41, 5.74) is 1.62. The first-order chi connectivity index (χ1) is 12.8. The Morgan fingerprint density at radius 2 is 1.59 bits per heavy atom. The molecule has 2 aromatic rings. The van der Waals surface area contributed by atoms with Crippen LogP contribution in [0.5, 0.6) is 0 Å². The molecule has 0 heterocycles. The minimum Gasteiger partial charge on any atom is -0.377 e. The number of carbonyl (C=O) groups excluding carboxylic acids is 2. The van der Waals surface area contributed by atoms with Gasteiger partial charge in [0.15, 0.2) is 11.6 Å². The van der Waals surface area contributed by atoms with Gasteiger partial charge in [0, 0.05) is 43.8 Å². The van der Waals surface area contributed by atoms with Gasteiger partial charge >= 0.3 is 6.03 Å². The zero-order chi connectivity index (χ0) is 20.0. The Morgan fingerprint density at radius 1 is 0.963 bits per heavy atom. The predicted octanol–water partition coefficient (Wildman–Crippen LogP) is 3.81. The van der Waals surface area contributed by atoms with Gasteiger partial charge in [-0.25, -0.2) is 13.6 Å². The van der Waals surface area contributed by atoms with E-state index < -0.39 is 17.7 Å². The monoisotopic (exact) mass is 376 g/mol. The minimum absolute atomic E-state index is 0.109. The van der Waals surface area contributed by atoms with E-state index in [1.54, 1.807) is 23.1 Å². The standard InChI is InChI=1S/C19H22F2N4O2/c1-4-9-22-18(26)14-10-12(6-8-17(14)25(2)3)23-19(27)24-13-5-7-15(20)16(21)11-13/h5-8,10-11H,4,9H2,1-3H3,(H,22,26)(H2,23,24,27). The molecule has 27 heavy (non-hydrogen) atoms. The maximum Gasteiger partial charge on any atom is 0.323 e. The summed E-state index contributed by atoms with van der Waals surface area (Å²) in [7, 11) is 3.63. The molecule has 2 aromatic carbocycles. The molecule has 0 radical (unpaired) electrons. The highest BCUT2D eigenvalue weighted by molar-refractivity contribution is 6.03. The quantitative estimate of drug-likeness (QED) is 0.718. The molecule has 0 aromatic heterocycles. The van der Waals surface area contributed by atoms with Crippen LogP contribution in [-0.2, 0) is 0 Å². The van der Waals surface area contributed by atoms with Crippen molar-refractivity contribution in [1.29, 1.82) is 0 Å². The van der Waals surface area contributed by atoms with Crippen LogP contribution >= 0.6 is 0 Å². The fraction of sp³-hybridized carbons (Fsp3) is 0.263. The Bertz CT molecular complexity index is 840. The lowest BCUT2D eigenvalue weighted by Gasteiger charge is -2.18. The average Bonchev–Trinajstić information content (AvgIpc) is 2.62. The molecule has 0 atom stereocenters. The summed E-state index contributed by atoms with van der Waals surface area (Å²) in [4.78, 5) is 26.3. The SMILES string of the molecule is CCCNC(=O)c1cc(NC(=O)Nc2ccc(F)c(F)c2)ccc1N(C)C. The second-order valence-electron chi connectivity index (χ2n) is 6.09. The van der Waals surface area contributed by atoms with Crippen molar-refractivity contribution in [3.63, 3.8) is 0 Å².